The van der Waals surface area contributed by atoms with Crippen LogP contribution in [0.3, 0.4) is 0 Å². The number of nitrogens with zero attached hydrogens (tertiary/aromatic N) is 1. The summed E-state index contributed by atoms with van der Waals surface area (Å²) in [5.41, 5.74) is 1.13. The Kier molecular flexibility index (Phi) is 3.21. The van der Waals surface area contributed by atoms with E-state index in [1.54, 1.807) is 6.20 Å². The highest BCUT2D eigenvalue weighted by Crippen LogP contribution is 2.37. The molecule has 2 N–H and O–H groups in total. The molecule has 1 atom stereocenters. The molecule has 0 radical (unpaired) electrons. The van der Waals surface area contributed by atoms with Crippen LogP contribution in [-0.4, -0.2) is 16.6 Å². The van der Waals surface area contributed by atoms with Gasteiger partial charge < -0.3 is 15.0 Å². The quantitative estimate of drug-likeness (QED) is 0.895. The number of halogens is 1. The second kappa shape index (κ2) is 5.00. The van der Waals surface area contributed by atoms with Crippen LogP contribution in [0.2, 0.25) is 5.02 Å². The van der Waals surface area contributed by atoms with Gasteiger partial charge in [-0.15, -0.1) is 0 Å². The summed E-state index contributed by atoms with van der Waals surface area (Å²) in [6.45, 7) is 1.40. The molecule has 0 bridgehead atoms. The summed E-state index contributed by atoms with van der Waals surface area (Å²) in [4.78, 5) is 7.28. The predicted octanol–water partition coefficient (Wildman–Crippen LogP) is 2.68. The molecule has 94 valence electrons. The van der Waals surface area contributed by atoms with Crippen LogP contribution < -0.4 is 10.1 Å². The Hall–Kier alpha value is -1.52. The molecule has 1 aliphatic heterocycles. The number of fused-ring (bicyclic) bond motifs is 1. The summed E-state index contributed by atoms with van der Waals surface area (Å²) >= 11 is 6.14. The first-order valence-corrected chi connectivity index (χ1v) is 6.35. The molecule has 0 saturated carbocycles. The van der Waals surface area contributed by atoms with E-state index in [1.165, 1.54) is 0 Å². The highest BCUT2D eigenvalue weighted by molar-refractivity contribution is 6.32. The fourth-order valence-corrected chi connectivity index (χ4v) is 2.45. The normalized spacial score (nSPS) is 18.2. The van der Waals surface area contributed by atoms with Gasteiger partial charge in [0.25, 0.3) is 0 Å². The molecule has 18 heavy (non-hydrogen) atoms. The van der Waals surface area contributed by atoms with Crippen LogP contribution in [0.4, 0.5) is 0 Å². The standard InChI is InChI=1S/C13H14ClN3O/c14-10-3-1-2-9-11(4-7-18-13(9)10)17-8-12-15-5-6-16-12/h1-3,5-6,11,17H,4,7-8H2,(H,15,16). The largest absolute Gasteiger partial charge is 0.492 e. The number of nitrogens with one attached hydrogen (secondary N) is 2. The highest BCUT2D eigenvalue weighted by Gasteiger charge is 2.22. The maximum Gasteiger partial charge on any atom is 0.142 e. The molecule has 0 saturated heterocycles. The number of hydrogen-bond donors (Lipinski definition) is 2. The summed E-state index contributed by atoms with van der Waals surface area (Å²) in [7, 11) is 0. The third-order valence-electron chi connectivity index (χ3n) is 3.10. The molecule has 0 amide bonds. The average molecular weight is 264 g/mol. The molecule has 0 spiro atoms. The van der Waals surface area contributed by atoms with Crippen molar-refractivity contribution in [1.82, 2.24) is 15.3 Å². The van der Waals surface area contributed by atoms with Crippen LogP contribution in [0.15, 0.2) is 30.6 Å². The van der Waals surface area contributed by atoms with Crippen molar-refractivity contribution in [2.75, 3.05) is 6.61 Å². The fraction of sp³-hybridized carbons (Fsp3) is 0.308. The Labute approximate surface area is 110 Å². The van der Waals surface area contributed by atoms with E-state index in [0.29, 0.717) is 18.2 Å². The van der Waals surface area contributed by atoms with E-state index < -0.39 is 0 Å². The molecule has 1 unspecified atom stereocenters. The van der Waals surface area contributed by atoms with Gasteiger partial charge in [0.15, 0.2) is 0 Å². The second-order valence-corrected chi connectivity index (χ2v) is 4.67. The number of aromatic nitrogens is 2. The first kappa shape index (κ1) is 11.6. The first-order valence-electron chi connectivity index (χ1n) is 5.97. The van der Waals surface area contributed by atoms with E-state index in [2.05, 4.69) is 21.4 Å². The Morgan fingerprint density at radius 1 is 1.50 bits per heavy atom. The number of aromatic amines is 1. The van der Waals surface area contributed by atoms with Gasteiger partial charge in [-0.3, -0.25) is 0 Å². The molecule has 2 heterocycles. The summed E-state index contributed by atoms with van der Waals surface area (Å²) in [6.07, 6.45) is 4.52. The summed E-state index contributed by atoms with van der Waals surface area (Å²) < 4.78 is 5.63. The molecular weight excluding hydrogens is 250 g/mol. The van der Waals surface area contributed by atoms with Gasteiger partial charge >= 0.3 is 0 Å². The van der Waals surface area contributed by atoms with Crippen LogP contribution in [0, 0.1) is 0 Å². The van der Waals surface area contributed by atoms with Crippen LogP contribution in [-0.2, 0) is 6.54 Å². The Bertz CT molecular complexity index is 527. The molecule has 1 aliphatic rings. The maximum absolute atomic E-state index is 6.14. The number of para-hydroxylation sites is 1. The SMILES string of the molecule is Clc1cccc2c1OCCC2NCc1ncc[nH]1. The van der Waals surface area contributed by atoms with Gasteiger partial charge in [0.1, 0.15) is 11.6 Å². The lowest BCUT2D eigenvalue weighted by Gasteiger charge is -2.27. The molecule has 3 rings (SSSR count). The van der Waals surface area contributed by atoms with Crippen molar-refractivity contribution in [2.24, 2.45) is 0 Å². The summed E-state index contributed by atoms with van der Waals surface area (Å²) in [5, 5.41) is 4.15. The van der Waals surface area contributed by atoms with Crippen molar-refractivity contribution in [3.8, 4) is 5.75 Å². The Morgan fingerprint density at radius 2 is 2.44 bits per heavy atom. The minimum Gasteiger partial charge on any atom is -0.492 e. The van der Waals surface area contributed by atoms with Crippen molar-refractivity contribution in [3.63, 3.8) is 0 Å². The minimum atomic E-state index is 0.262. The Balaban J connectivity index is 1.77. The maximum atomic E-state index is 6.14. The smallest absolute Gasteiger partial charge is 0.142 e. The van der Waals surface area contributed by atoms with Gasteiger partial charge in [0.05, 0.1) is 18.2 Å². The van der Waals surface area contributed by atoms with Crippen molar-refractivity contribution in [3.05, 3.63) is 47.0 Å². The first-order chi connectivity index (χ1) is 8.84. The lowest BCUT2D eigenvalue weighted by Crippen LogP contribution is -2.27. The van der Waals surface area contributed by atoms with Crippen molar-refractivity contribution >= 4 is 11.6 Å². The van der Waals surface area contributed by atoms with Gasteiger partial charge in [-0.2, -0.15) is 0 Å². The highest BCUT2D eigenvalue weighted by atomic mass is 35.5. The number of H-pyrrole nitrogens is 1. The molecule has 0 aliphatic carbocycles. The van der Waals surface area contributed by atoms with E-state index in [0.717, 1.165) is 23.6 Å². The number of hydrogen-bond acceptors (Lipinski definition) is 3. The third kappa shape index (κ3) is 2.21. The summed E-state index contributed by atoms with van der Waals surface area (Å²) in [6, 6.07) is 6.13. The third-order valence-corrected chi connectivity index (χ3v) is 3.39. The van der Waals surface area contributed by atoms with E-state index in [1.807, 2.05) is 18.3 Å². The van der Waals surface area contributed by atoms with E-state index in [9.17, 15) is 0 Å². The zero-order chi connectivity index (χ0) is 12.4. The fourth-order valence-electron chi connectivity index (χ4n) is 2.21. The van der Waals surface area contributed by atoms with Crippen LogP contribution in [0.1, 0.15) is 23.9 Å². The van der Waals surface area contributed by atoms with Gasteiger partial charge in [-0.25, -0.2) is 4.98 Å². The van der Waals surface area contributed by atoms with Gasteiger partial charge in [0.2, 0.25) is 0 Å². The predicted molar refractivity (Wildman–Crippen MR) is 69.7 cm³/mol. The number of benzene rings is 1. The van der Waals surface area contributed by atoms with Gasteiger partial charge in [-0.1, -0.05) is 23.7 Å². The van der Waals surface area contributed by atoms with Crippen molar-refractivity contribution < 1.29 is 4.74 Å². The molecule has 1 aromatic carbocycles. The monoisotopic (exact) mass is 263 g/mol. The number of imidazole rings is 1. The average Bonchev–Trinajstić information content (AvgIpc) is 2.90. The lowest BCUT2D eigenvalue weighted by molar-refractivity contribution is 0.252. The molecule has 2 aromatic rings. The van der Waals surface area contributed by atoms with Gasteiger partial charge in [0, 0.05) is 30.4 Å². The zero-order valence-corrected chi connectivity index (χ0v) is 10.6. The van der Waals surface area contributed by atoms with Crippen LogP contribution >= 0.6 is 11.6 Å². The van der Waals surface area contributed by atoms with Gasteiger partial charge in [-0.05, 0) is 6.07 Å². The zero-order valence-electron chi connectivity index (χ0n) is 9.82. The molecule has 0 fully saturated rings. The van der Waals surface area contributed by atoms with E-state index >= 15 is 0 Å². The van der Waals surface area contributed by atoms with Crippen molar-refractivity contribution in [1.29, 1.82) is 0 Å². The lowest BCUT2D eigenvalue weighted by atomic mass is 10.0. The minimum absolute atomic E-state index is 0.262. The number of rotatable bonds is 3. The summed E-state index contributed by atoms with van der Waals surface area (Å²) in [5.74, 6) is 1.74. The molecular formula is C13H14ClN3O. The molecule has 1 aromatic heterocycles. The van der Waals surface area contributed by atoms with Crippen LogP contribution in [0.5, 0.6) is 5.75 Å². The number of ether oxygens (including phenoxy) is 1. The topological polar surface area (TPSA) is 49.9 Å². The van der Waals surface area contributed by atoms with E-state index in [4.69, 9.17) is 16.3 Å². The molecule has 4 nitrogen and oxygen atoms in total. The van der Waals surface area contributed by atoms with Crippen molar-refractivity contribution in [2.45, 2.75) is 19.0 Å². The van der Waals surface area contributed by atoms with Crippen LogP contribution in [0.25, 0.3) is 0 Å². The Morgan fingerprint density at radius 3 is 3.28 bits per heavy atom. The van der Waals surface area contributed by atoms with E-state index in [-0.39, 0.29) is 6.04 Å². The molecule has 5 heteroatoms. The second-order valence-electron chi connectivity index (χ2n) is 4.26.